The number of rotatable bonds is 5. The zero-order valence-electron chi connectivity index (χ0n) is 22.6. The number of likely N-dealkylation sites (tertiary alicyclic amines) is 1. The van der Waals surface area contributed by atoms with E-state index in [1.165, 1.54) is 0 Å². The summed E-state index contributed by atoms with van der Waals surface area (Å²) in [5.74, 6) is -3.97. The van der Waals surface area contributed by atoms with Gasteiger partial charge in [0.25, 0.3) is 5.91 Å². The molecular formula is C29H21F9N2O4S. The zero-order chi connectivity index (χ0) is 33.3. The van der Waals surface area contributed by atoms with Gasteiger partial charge in [-0.05, 0) is 72.9 Å². The lowest BCUT2D eigenvalue weighted by atomic mass is 9.76. The van der Waals surface area contributed by atoms with E-state index in [1.54, 1.807) is 0 Å². The van der Waals surface area contributed by atoms with E-state index in [2.05, 4.69) is 0 Å². The summed E-state index contributed by atoms with van der Waals surface area (Å²) in [7, 11) is -4.73. The van der Waals surface area contributed by atoms with E-state index >= 15 is 0 Å². The molecule has 0 unspecified atom stereocenters. The van der Waals surface area contributed by atoms with Gasteiger partial charge in [-0.3, -0.25) is 9.59 Å². The van der Waals surface area contributed by atoms with Gasteiger partial charge in [-0.2, -0.15) is 26.3 Å². The van der Waals surface area contributed by atoms with E-state index < -0.39 is 84.5 Å². The third-order valence-corrected chi connectivity index (χ3v) is 11.0. The van der Waals surface area contributed by atoms with Crippen molar-refractivity contribution in [2.75, 3.05) is 6.54 Å². The van der Waals surface area contributed by atoms with Crippen LogP contribution in [0.4, 0.5) is 39.5 Å². The average Bonchev–Trinajstić information content (AvgIpc) is 3.37. The fraction of sp³-hybridized carbons (Fsp3) is 0.310. The van der Waals surface area contributed by atoms with Gasteiger partial charge in [0.15, 0.2) is 9.84 Å². The Labute approximate surface area is 249 Å². The van der Waals surface area contributed by atoms with E-state index in [1.807, 2.05) is 0 Å². The van der Waals surface area contributed by atoms with Gasteiger partial charge in [-0.1, -0.05) is 18.2 Å². The van der Waals surface area contributed by atoms with Crippen molar-refractivity contribution in [1.82, 2.24) is 4.90 Å². The van der Waals surface area contributed by atoms with Crippen molar-refractivity contribution in [2.45, 2.75) is 53.0 Å². The summed E-state index contributed by atoms with van der Waals surface area (Å²) in [5, 5.41) is 0. The molecule has 0 saturated carbocycles. The molecule has 0 radical (unpaired) electrons. The Kier molecular flexibility index (Phi) is 7.53. The van der Waals surface area contributed by atoms with E-state index in [9.17, 15) is 57.5 Å². The van der Waals surface area contributed by atoms with Crippen LogP contribution in [0, 0.1) is 11.6 Å². The van der Waals surface area contributed by atoms with Crippen LogP contribution in [-0.2, 0) is 26.7 Å². The Morgan fingerprint density at radius 1 is 0.867 bits per heavy atom. The lowest BCUT2D eigenvalue weighted by Crippen LogP contribution is -2.53. The number of amides is 2. The van der Waals surface area contributed by atoms with Gasteiger partial charge in [0.1, 0.15) is 16.4 Å². The first-order valence-electron chi connectivity index (χ1n) is 13.1. The van der Waals surface area contributed by atoms with Gasteiger partial charge < -0.3 is 10.6 Å². The third-order valence-electron chi connectivity index (χ3n) is 8.41. The molecular weight excluding hydrogens is 643 g/mol. The molecule has 0 aromatic heterocycles. The van der Waals surface area contributed by atoms with Crippen LogP contribution >= 0.6 is 0 Å². The van der Waals surface area contributed by atoms with Gasteiger partial charge in [0, 0.05) is 17.7 Å². The van der Waals surface area contributed by atoms with E-state index in [4.69, 9.17) is 5.73 Å². The molecule has 0 bridgehead atoms. The highest BCUT2D eigenvalue weighted by Gasteiger charge is 2.74. The van der Waals surface area contributed by atoms with Gasteiger partial charge in [0.2, 0.25) is 5.91 Å². The molecule has 1 aliphatic heterocycles. The smallest absolute Gasteiger partial charge is 0.366 e. The van der Waals surface area contributed by atoms with Crippen molar-refractivity contribution in [2.24, 2.45) is 5.73 Å². The quantitative estimate of drug-likeness (QED) is 0.272. The molecule has 2 amide bonds. The number of nitrogens with two attached hydrogens (primary N) is 1. The van der Waals surface area contributed by atoms with Crippen LogP contribution in [0.1, 0.15) is 50.2 Å². The first-order valence-corrected chi connectivity index (χ1v) is 14.6. The highest BCUT2D eigenvalue weighted by Crippen LogP contribution is 2.56. The van der Waals surface area contributed by atoms with Crippen molar-refractivity contribution in [3.05, 3.63) is 100 Å². The van der Waals surface area contributed by atoms with Crippen LogP contribution in [0.2, 0.25) is 0 Å². The number of halogens is 9. The van der Waals surface area contributed by atoms with Crippen LogP contribution in [0.5, 0.6) is 0 Å². The number of alkyl halides is 7. The summed E-state index contributed by atoms with van der Waals surface area (Å²) >= 11 is 0. The number of carbonyl (C=O) groups excluding carboxylic acids is 2. The largest absolute Gasteiger partial charge is 0.435 e. The molecule has 16 heteroatoms. The number of nitrogens with zero attached hydrogens (tertiary/aromatic N) is 1. The molecule has 45 heavy (non-hydrogen) atoms. The Morgan fingerprint density at radius 3 is 2.04 bits per heavy atom. The van der Waals surface area contributed by atoms with Crippen LogP contribution in [0.25, 0.3) is 0 Å². The summed E-state index contributed by atoms with van der Waals surface area (Å²) in [6, 6.07) is 6.05. The first-order chi connectivity index (χ1) is 20.8. The topological polar surface area (TPSA) is 97.5 Å². The fourth-order valence-electron chi connectivity index (χ4n) is 6.29. The number of hydrogen-bond donors (Lipinski definition) is 1. The van der Waals surface area contributed by atoms with Crippen LogP contribution in [-0.4, -0.2) is 50.1 Å². The maximum Gasteiger partial charge on any atom is 0.435 e. The van der Waals surface area contributed by atoms with Crippen molar-refractivity contribution in [3.8, 4) is 0 Å². The minimum absolute atomic E-state index is 0.205. The highest BCUT2D eigenvalue weighted by atomic mass is 32.2. The van der Waals surface area contributed by atoms with E-state index in [0.29, 0.717) is 18.2 Å². The SMILES string of the molecule is NC(=O)c1ccc(C(=O)N2CC[C@]3(S(=O)(=O)c4ccc(F)cc4)c4ccc(C(F)(C(F)(F)F)C(F)(F)F)cc4CC[C@H]23)c(F)c1. The van der Waals surface area contributed by atoms with Crippen LogP contribution in [0.15, 0.2) is 65.6 Å². The van der Waals surface area contributed by atoms with Gasteiger partial charge in [-0.15, -0.1) is 0 Å². The number of aryl methyl sites for hydroxylation is 1. The molecule has 1 aliphatic carbocycles. The lowest BCUT2D eigenvalue weighted by molar-refractivity contribution is -0.348. The number of carbonyl (C=O) groups is 2. The Morgan fingerprint density at radius 2 is 1.49 bits per heavy atom. The first kappa shape index (κ1) is 32.3. The van der Waals surface area contributed by atoms with Crippen LogP contribution in [0.3, 0.4) is 0 Å². The molecule has 2 aliphatic rings. The normalized spacial score (nSPS) is 20.5. The number of sulfone groups is 1. The molecule has 1 saturated heterocycles. The lowest BCUT2D eigenvalue weighted by Gasteiger charge is -2.43. The standard InChI is InChI=1S/C29H21F9N2O4S/c30-18-4-6-19(7-5-18)45(43,44)26-11-12-40(25(42)20-8-1-16(24(39)41)14-22(20)31)23(26)10-2-15-13-17(3-9-21(15)26)27(32,28(33,34)35)29(36,37)38/h1,3-9,13-14,23H,2,10-12H2,(H2,39,41)/t23-,26-/m0/s1. The zero-order valence-corrected chi connectivity index (χ0v) is 23.5. The number of primary amides is 1. The molecule has 6 nitrogen and oxygen atoms in total. The second-order valence-electron chi connectivity index (χ2n) is 10.7. The van der Waals surface area contributed by atoms with Crippen LogP contribution < -0.4 is 5.73 Å². The predicted molar refractivity (Wildman–Crippen MR) is 139 cm³/mol. The average molecular weight is 665 g/mol. The molecule has 5 rings (SSSR count). The van der Waals surface area contributed by atoms with Crippen molar-refractivity contribution >= 4 is 21.7 Å². The fourth-order valence-corrected chi connectivity index (χ4v) is 8.66. The minimum Gasteiger partial charge on any atom is -0.366 e. The Hall–Kier alpha value is -4.08. The number of benzene rings is 3. The third kappa shape index (κ3) is 4.75. The van der Waals surface area contributed by atoms with Crippen molar-refractivity contribution in [3.63, 3.8) is 0 Å². The second kappa shape index (κ2) is 10.5. The summed E-state index contributed by atoms with van der Waals surface area (Å²) in [5.41, 5.74) is -3.89. The Bertz CT molecular complexity index is 1790. The Balaban J connectivity index is 1.69. The molecule has 2 N–H and O–H groups in total. The summed E-state index contributed by atoms with van der Waals surface area (Å²) in [4.78, 5) is 25.6. The maximum absolute atomic E-state index is 15.0. The molecule has 0 spiro atoms. The van der Waals surface area contributed by atoms with Gasteiger partial charge in [0.05, 0.1) is 16.5 Å². The summed E-state index contributed by atoms with van der Waals surface area (Å²) in [6.45, 7) is -0.361. The second-order valence-corrected chi connectivity index (χ2v) is 12.9. The molecule has 3 aromatic carbocycles. The van der Waals surface area contributed by atoms with Crippen molar-refractivity contribution < 1.29 is 57.5 Å². The molecule has 3 aromatic rings. The monoisotopic (exact) mass is 664 g/mol. The number of fused-ring (bicyclic) bond motifs is 3. The van der Waals surface area contributed by atoms with Gasteiger partial charge in [-0.25, -0.2) is 21.6 Å². The van der Waals surface area contributed by atoms with Gasteiger partial charge >= 0.3 is 18.0 Å². The number of hydrogen-bond acceptors (Lipinski definition) is 4. The molecule has 1 fully saturated rings. The molecule has 2 atom stereocenters. The van der Waals surface area contributed by atoms with E-state index in [0.717, 1.165) is 41.3 Å². The molecule has 1 heterocycles. The predicted octanol–water partition coefficient (Wildman–Crippen LogP) is 5.88. The maximum atomic E-state index is 15.0. The molecule has 240 valence electrons. The van der Waals surface area contributed by atoms with E-state index in [-0.39, 0.29) is 42.1 Å². The van der Waals surface area contributed by atoms with Crippen molar-refractivity contribution in [1.29, 1.82) is 0 Å². The summed E-state index contributed by atoms with van der Waals surface area (Å²) in [6.07, 6.45) is -14.0. The summed E-state index contributed by atoms with van der Waals surface area (Å²) < 4.78 is 151. The minimum atomic E-state index is -6.42. The highest BCUT2D eigenvalue weighted by molar-refractivity contribution is 7.92.